The van der Waals surface area contributed by atoms with Crippen molar-refractivity contribution in [3.8, 4) is 0 Å². The molecular formula is C18H20ClN3O4. The summed E-state index contributed by atoms with van der Waals surface area (Å²) in [5.74, 6) is -0.979. The summed E-state index contributed by atoms with van der Waals surface area (Å²) in [6.45, 7) is 9.16. The molecule has 8 heteroatoms. The number of carboxylic acid groups (broad SMARTS) is 1. The Balaban J connectivity index is 2.36. The average Bonchev–Trinajstić information content (AvgIpc) is 2.88. The first-order chi connectivity index (χ1) is 12.0. The van der Waals surface area contributed by atoms with E-state index in [4.69, 9.17) is 16.0 Å². The molecule has 0 saturated carbocycles. The molecule has 138 valence electrons. The maximum Gasteiger partial charge on any atom is 0.341 e. The van der Waals surface area contributed by atoms with Crippen LogP contribution in [0.5, 0.6) is 0 Å². The van der Waals surface area contributed by atoms with E-state index in [9.17, 15) is 14.7 Å². The van der Waals surface area contributed by atoms with Crippen LogP contribution in [0.3, 0.4) is 0 Å². The monoisotopic (exact) mass is 377 g/mol. The van der Waals surface area contributed by atoms with E-state index >= 15 is 0 Å². The molecule has 0 fully saturated rings. The van der Waals surface area contributed by atoms with Crippen molar-refractivity contribution in [2.24, 2.45) is 0 Å². The maximum absolute atomic E-state index is 12.7. The highest BCUT2D eigenvalue weighted by atomic mass is 35.5. The molecule has 0 bridgehead atoms. The van der Waals surface area contributed by atoms with Crippen LogP contribution in [-0.2, 0) is 10.2 Å². The fourth-order valence-corrected chi connectivity index (χ4v) is 2.42. The lowest BCUT2D eigenvalue weighted by Gasteiger charge is -2.13. The van der Waals surface area contributed by atoms with Crippen molar-refractivity contribution in [2.75, 3.05) is 5.32 Å². The molecule has 2 aromatic rings. The Morgan fingerprint density at radius 3 is 2.38 bits per heavy atom. The second kappa shape index (κ2) is 7.29. The number of aromatic nitrogens is 2. The predicted octanol–water partition coefficient (Wildman–Crippen LogP) is 3.90. The highest BCUT2D eigenvalue weighted by molar-refractivity contribution is 6.29. The lowest BCUT2D eigenvalue weighted by atomic mass is 9.92. The van der Waals surface area contributed by atoms with Gasteiger partial charge in [-0.2, -0.15) is 0 Å². The number of Topliss-reactive ketones (excluding diaryl/α,β-unsaturated/α-hetero) is 1. The van der Waals surface area contributed by atoms with Crippen LogP contribution in [0.1, 0.15) is 48.3 Å². The third-order valence-corrected chi connectivity index (χ3v) is 3.74. The quantitative estimate of drug-likeness (QED) is 0.267. The van der Waals surface area contributed by atoms with Gasteiger partial charge in [-0.25, -0.2) is 14.8 Å². The number of aliphatic carboxylic acids is 1. The zero-order valence-electron chi connectivity index (χ0n) is 15.2. The van der Waals surface area contributed by atoms with Crippen LogP contribution in [0.4, 0.5) is 5.95 Å². The Morgan fingerprint density at radius 2 is 1.88 bits per heavy atom. The molecule has 0 atom stereocenters. The molecule has 2 rings (SSSR count). The number of nitrogens with one attached hydrogen (secondary N) is 1. The largest absolute Gasteiger partial charge is 0.477 e. The van der Waals surface area contributed by atoms with Gasteiger partial charge in [-0.15, -0.1) is 0 Å². The van der Waals surface area contributed by atoms with Gasteiger partial charge in [-0.1, -0.05) is 32.4 Å². The number of hydrogen-bond donors (Lipinski definition) is 2. The Labute approximate surface area is 156 Å². The molecule has 2 N–H and O–H groups in total. The summed E-state index contributed by atoms with van der Waals surface area (Å²) < 4.78 is 5.62. The molecule has 2 aromatic heterocycles. The molecule has 0 aliphatic rings. The second-order valence-corrected chi connectivity index (χ2v) is 7.21. The van der Waals surface area contributed by atoms with Gasteiger partial charge in [0, 0.05) is 17.3 Å². The van der Waals surface area contributed by atoms with E-state index in [1.54, 1.807) is 26.0 Å². The van der Waals surface area contributed by atoms with Gasteiger partial charge < -0.3 is 14.8 Å². The fraction of sp³-hybridized carbons (Fsp3) is 0.333. The summed E-state index contributed by atoms with van der Waals surface area (Å²) >= 11 is 5.85. The molecule has 0 amide bonds. The number of furan rings is 1. The van der Waals surface area contributed by atoms with Crippen LogP contribution in [0.15, 0.2) is 28.3 Å². The normalized spacial score (nSPS) is 12.2. The minimum atomic E-state index is -1.38. The number of carbonyl (C=O) groups is 2. The third-order valence-electron chi connectivity index (χ3n) is 3.55. The van der Waals surface area contributed by atoms with Gasteiger partial charge in [-0.05, 0) is 26.0 Å². The van der Waals surface area contributed by atoms with E-state index in [1.165, 1.54) is 0 Å². The van der Waals surface area contributed by atoms with Crippen molar-refractivity contribution in [3.05, 3.63) is 51.8 Å². The van der Waals surface area contributed by atoms with Gasteiger partial charge in [-0.3, -0.25) is 4.79 Å². The molecule has 0 saturated heterocycles. The number of nitrogens with zero attached hydrogens (tertiary/aromatic N) is 2. The molecule has 0 radical (unpaired) electrons. The zero-order valence-corrected chi connectivity index (χ0v) is 15.9. The third kappa shape index (κ3) is 4.49. The number of hydrogen-bond acceptors (Lipinski definition) is 6. The van der Waals surface area contributed by atoms with Crippen molar-refractivity contribution >= 4 is 29.3 Å². The van der Waals surface area contributed by atoms with Gasteiger partial charge in [0.15, 0.2) is 0 Å². The Bertz CT molecular complexity index is 874. The van der Waals surface area contributed by atoms with Gasteiger partial charge in [0.1, 0.15) is 22.2 Å². The van der Waals surface area contributed by atoms with Crippen LogP contribution in [0.2, 0.25) is 5.15 Å². The lowest BCUT2D eigenvalue weighted by molar-refractivity contribution is -0.132. The molecule has 0 unspecified atom stereocenters. The Hall–Kier alpha value is -2.67. The number of rotatable bonds is 5. The number of carboxylic acids is 1. The Kier molecular flexibility index (Phi) is 5.51. The summed E-state index contributed by atoms with van der Waals surface area (Å²) in [4.78, 5) is 32.2. The van der Waals surface area contributed by atoms with Gasteiger partial charge in [0.2, 0.25) is 11.7 Å². The first-order valence-corrected chi connectivity index (χ1v) is 8.23. The summed E-state index contributed by atoms with van der Waals surface area (Å²) in [7, 11) is 0. The van der Waals surface area contributed by atoms with Crippen LogP contribution in [0.25, 0.3) is 0 Å². The average molecular weight is 378 g/mol. The summed E-state index contributed by atoms with van der Waals surface area (Å²) in [6.07, 6.45) is 1.05. The summed E-state index contributed by atoms with van der Waals surface area (Å²) in [5.41, 5.74) is 0.0367. The molecule has 0 aliphatic carbocycles. The standard InChI is InChI=1S/C18H20ClN3O4/c1-9-6-14(19)22-17(21-9)20-8-12(16(24)25)15(23)11-7-13(18(3,4)5)26-10(11)2/h6-8H,1-5H3,(H,24,25)(H,20,21,22)/b12-8-. The number of anilines is 1. The van der Waals surface area contributed by atoms with Crippen LogP contribution >= 0.6 is 11.6 Å². The van der Waals surface area contributed by atoms with E-state index in [-0.39, 0.29) is 22.1 Å². The SMILES string of the molecule is Cc1cc(Cl)nc(N/C=C(\C(=O)O)C(=O)c2cc(C(C)(C)C)oc2C)n1. The predicted molar refractivity (Wildman–Crippen MR) is 97.6 cm³/mol. The highest BCUT2D eigenvalue weighted by Crippen LogP contribution is 2.28. The molecule has 0 spiro atoms. The highest BCUT2D eigenvalue weighted by Gasteiger charge is 2.27. The maximum atomic E-state index is 12.7. The van der Waals surface area contributed by atoms with Crippen molar-refractivity contribution in [3.63, 3.8) is 0 Å². The van der Waals surface area contributed by atoms with Crippen LogP contribution < -0.4 is 5.32 Å². The van der Waals surface area contributed by atoms with Crippen molar-refractivity contribution in [2.45, 2.75) is 40.0 Å². The van der Waals surface area contributed by atoms with E-state index in [0.717, 1.165) is 6.20 Å². The molecule has 0 aliphatic heterocycles. The van der Waals surface area contributed by atoms with Crippen LogP contribution in [-0.4, -0.2) is 26.8 Å². The van der Waals surface area contributed by atoms with E-state index in [0.29, 0.717) is 17.2 Å². The fourth-order valence-electron chi connectivity index (χ4n) is 2.18. The van der Waals surface area contributed by atoms with Gasteiger partial charge in [0.25, 0.3) is 0 Å². The Morgan fingerprint density at radius 1 is 1.23 bits per heavy atom. The lowest BCUT2D eigenvalue weighted by Crippen LogP contribution is -2.15. The molecule has 26 heavy (non-hydrogen) atoms. The van der Waals surface area contributed by atoms with Gasteiger partial charge in [0.05, 0.1) is 5.56 Å². The van der Waals surface area contributed by atoms with E-state index < -0.39 is 17.3 Å². The minimum absolute atomic E-state index is 0.0980. The molecule has 0 aromatic carbocycles. The smallest absolute Gasteiger partial charge is 0.341 e. The van der Waals surface area contributed by atoms with Crippen molar-refractivity contribution < 1.29 is 19.1 Å². The topological polar surface area (TPSA) is 105 Å². The summed E-state index contributed by atoms with van der Waals surface area (Å²) in [6, 6.07) is 3.14. The molecular weight excluding hydrogens is 358 g/mol. The number of halogens is 1. The molecule has 7 nitrogen and oxygen atoms in total. The van der Waals surface area contributed by atoms with Crippen molar-refractivity contribution in [1.82, 2.24) is 9.97 Å². The first-order valence-electron chi connectivity index (χ1n) is 7.86. The number of carbonyl (C=O) groups excluding carboxylic acids is 1. The van der Waals surface area contributed by atoms with Gasteiger partial charge >= 0.3 is 5.97 Å². The van der Waals surface area contributed by atoms with E-state index in [2.05, 4.69) is 15.3 Å². The number of aryl methyl sites for hydroxylation is 2. The van der Waals surface area contributed by atoms with Crippen molar-refractivity contribution in [1.29, 1.82) is 0 Å². The number of ketones is 1. The summed E-state index contributed by atoms with van der Waals surface area (Å²) in [5, 5.41) is 12.2. The molecule has 2 heterocycles. The first kappa shape index (κ1) is 19.7. The second-order valence-electron chi connectivity index (χ2n) is 6.82. The zero-order chi connectivity index (χ0) is 19.6. The van der Waals surface area contributed by atoms with Crippen LogP contribution in [0, 0.1) is 13.8 Å². The van der Waals surface area contributed by atoms with E-state index in [1.807, 2.05) is 20.8 Å². The minimum Gasteiger partial charge on any atom is -0.477 e.